The molecule has 0 bridgehead atoms. The Kier molecular flexibility index (Phi) is 9.52. The van der Waals surface area contributed by atoms with Gasteiger partial charge in [0.05, 0.1) is 12.6 Å². The van der Waals surface area contributed by atoms with Crippen molar-refractivity contribution in [2.24, 2.45) is 0 Å². The number of para-hydroxylation sites is 1. The number of carbonyl (C=O) groups excluding carboxylic acids is 2. The summed E-state index contributed by atoms with van der Waals surface area (Å²) in [4.78, 5) is 23.3. The van der Waals surface area contributed by atoms with E-state index >= 15 is 0 Å². The van der Waals surface area contributed by atoms with Gasteiger partial charge in [-0.25, -0.2) is 0 Å². The van der Waals surface area contributed by atoms with Gasteiger partial charge in [0.25, 0.3) is 0 Å². The fraction of sp³-hybridized carbons (Fsp3) is 0.556. The molecule has 0 radical (unpaired) electrons. The highest BCUT2D eigenvalue weighted by molar-refractivity contribution is 5.76. The second kappa shape index (κ2) is 11.5. The summed E-state index contributed by atoms with van der Waals surface area (Å²) in [5, 5.41) is 2.91. The Morgan fingerprint density at radius 2 is 1.78 bits per heavy atom. The van der Waals surface area contributed by atoms with Crippen LogP contribution >= 0.6 is 0 Å². The van der Waals surface area contributed by atoms with E-state index in [9.17, 15) is 9.59 Å². The average molecular weight is 321 g/mol. The maximum absolute atomic E-state index is 11.8. The van der Waals surface area contributed by atoms with Crippen molar-refractivity contribution < 1.29 is 19.1 Å². The van der Waals surface area contributed by atoms with Gasteiger partial charge in [0.2, 0.25) is 5.91 Å². The molecule has 1 N–H and O–H groups in total. The van der Waals surface area contributed by atoms with Crippen LogP contribution in [-0.4, -0.2) is 31.1 Å². The fourth-order valence-corrected chi connectivity index (χ4v) is 2.03. The first-order valence-electron chi connectivity index (χ1n) is 8.28. The minimum Gasteiger partial charge on any atom is -0.494 e. The molecular formula is C18H27NO4. The minimum absolute atomic E-state index is 0.0243. The molecule has 5 heteroatoms. The molecule has 0 saturated carbocycles. The molecule has 0 fully saturated rings. The lowest BCUT2D eigenvalue weighted by molar-refractivity contribution is -0.145. The summed E-state index contributed by atoms with van der Waals surface area (Å²) in [7, 11) is 0. The number of ether oxygens (including phenoxy) is 2. The van der Waals surface area contributed by atoms with Crippen LogP contribution in [0.25, 0.3) is 0 Å². The Hall–Kier alpha value is -2.04. The Bertz CT molecular complexity index is 461. The van der Waals surface area contributed by atoms with Crippen LogP contribution in [0.1, 0.15) is 46.0 Å². The molecule has 0 heterocycles. The highest BCUT2D eigenvalue weighted by Crippen LogP contribution is 2.09. The molecule has 0 aliphatic heterocycles. The highest BCUT2D eigenvalue weighted by atomic mass is 16.5. The molecule has 0 aliphatic carbocycles. The number of nitrogens with one attached hydrogen (secondary N) is 1. The minimum atomic E-state index is -0.230. The highest BCUT2D eigenvalue weighted by Gasteiger charge is 2.14. The number of amides is 1. The second-order valence-corrected chi connectivity index (χ2v) is 5.40. The monoisotopic (exact) mass is 321 g/mol. The zero-order chi connectivity index (χ0) is 16.9. The number of carbonyl (C=O) groups is 2. The maximum atomic E-state index is 11.8. The van der Waals surface area contributed by atoms with Gasteiger partial charge in [0.15, 0.2) is 0 Å². The predicted molar refractivity (Wildman–Crippen MR) is 89.3 cm³/mol. The summed E-state index contributed by atoms with van der Waals surface area (Å²) in [6.45, 7) is 4.52. The van der Waals surface area contributed by atoms with Gasteiger partial charge in [-0.05, 0) is 25.0 Å². The first-order chi connectivity index (χ1) is 11.2. The number of esters is 1. The number of hydrogen-bond donors (Lipinski definition) is 1. The van der Waals surface area contributed by atoms with Gasteiger partial charge in [0, 0.05) is 19.3 Å². The van der Waals surface area contributed by atoms with Crippen molar-refractivity contribution in [2.45, 2.75) is 52.0 Å². The van der Waals surface area contributed by atoms with Gasteiger partial charge in [-0.1, -0.05) is 32.0 Å². The smallest absolute Gasteiger partial charge is 0.305 e. The third-order valence-electron chi connectivity index (χ3n) is 3.22. The molecule has 0 aromatic heterocycles. The van der Waals surface area contributed by atoms with Gasteiger partial charge in [-0.3, -0.25) is 9.59 Å². The van der Waals surface area contributed by atoms with E-state index in [1.54, 1.807) is 0 Å². The van der Waals surface area contributed by atoms with Crippen molar-refractivity contribution in [3.8, 4) is 5.75 Å². The molecule has 1 amide bonds. The lowest BCUT2D eigenvalue weighted by atomic mass is 10.2. The summed E-state index contributed by atoms with van der Waals surface area (Å²) in [5.41, 5.74) is 0. The molecule has 1 atom stereocenters. The van der Waals surface area contributed by atoms with E-state index in [4.69, 9.17) is 9.47 Å². The number of hydrogen-bond acceptors (Lipinski definition) is 4. The van der Waals surface area contributed by atoms with Crippen LogP contribution in [0.2, 0.25) is 0 Å². The molecule has 1 aromatic carbocycles. The molecule has 0 aliphatic rings. The standard InChI is InChI=1S/C18H27NO4/c1-3-8-17(20)19-15(14-23-18(21)9-4-2)12-13-22-16-10-6-5-7-11-16/h5-7,10-11,15H,3-4,8-9,12-14H2,1-2H3,(H,19,20). The Morgan fingerprint density at radius 3 is 2.43 bits per heavy atom. The molecule has 1 aromatic rings. The summed E-state index contributed by atoms with van der Waals surface area (Å²) in [5.74, 6) is 0.532. The van der Waals surface area contributed by atoms with Gasteiger partial charge in [-0.2, -0.15) is 0 Å². The fourth-order valence-electron chi connectivity index (χ4n) is 2.03. The van der Waals surface area contributed by atoms with Crippen LogP contribution in [0.3, 0.4) is 0 Å². The Labute approximate surface area is 138 Å². The van der Waals surface area contributed by atoms with Gasteiger partial charge in [-0.15, -0.1) is 0 Å². The van der Waals surface area contributed by atoms with Crippen molar-refractivity contribution in [3.63, 3.8) is 0 Å². The lowest BCUT2D eigenvalue weighted by Crippen LogP contribution is -2.39. The molecular weight excluding hydrogens is 294 g/mol. The van der Waals surface area contributed by atoms with Crippen LogP contribution in [-0.2, 0) is 14.3 Å². The van der Waals surface area contributed by atoms with E-state index in [0.717, 1.165) is 18.6 Å². The van der Waals surface area contributed by atoms with Gasteiger partial charge in [0.1, 0.15) is 12.4 Å². The van der Waals surface area contributed by atoms with Crippen molar-refractivity contribution in [1.29, 1.82) is 0 Å². The summed E-state index contributed by atoms with van der Waals surface area (Å²) in [6.07, 6.45) is 3.00. The van der Waals surface area contributed by atoms with Crippen LogP contribution < -0.4 is 10.1 Å². The van der Waals surface area contributed by atoms with Crippen molar-refractivity contribution >= 4 is 11.9 Å². The van der Waals surface area contributed by atoms with E-state index in [-0.39, 0.29) is 24.5 Å². The zero-order valence-electron chi connectivity index (χ0n) is 14.0. The summed E-state index contributed by atoms with van der Waals surface area (Å²) >= 11 is 0. The van der Waals surface area contributed by atoms with E-state index in [0.29, 0.717) is 25.9 Å². The number of benzene rings is 1. The summed E-state index contributed by atoms with van der Waals surface area (Å²) < 4.78 is 10.9. The van der Waals surface area contributed by atoms with Crippen molar-refractivity contribution in [2.75, 3.05) is 13.2 Å². The predicted octanol–water partition coefficient (Wildman–Crippen LogP) is 3.08. The quantitative estimate of drug-likeness (QED) is 0.636. The van der Waals surface area contributed by atoms with Crippen LogP contribution in [0, 0.1) is 0 Å². The van der Waals surface area contributed by atoms with E-state index in [1.165, 1.54) is 0 Å². The third kappa shape index (κ3) is 8.86. The molecule has 1 rings (SSSR count). The van der Waals surface area contributed by atoms with Crippen LogP contribution in [0.5, 0.6) is 5.75 Å². The van der Waals surface area contributed by atoms with Crippen LogP contribution in [0.4, 0.5) is 0 Å². The lowest BCUT2D eigenvalue weighted by Gasteiger charge is -2.19. The Morgan fingerprint density at radius 1 is 1.09 bits per heavy atom. The molecule has 1 unspecified atom stereocenters. The van der Waals surface area contributed by atoms with Crippen LogP contribution in [0.15, 0.2) is 30.3 Å². The van der Waals surface area contributed by atoms with E-state index < -0.39 is 0 Å². The third-order valence-corrected chi connectivity index (χ3v) is 3.22. The topological polar surface area (TPSA) is 64.6 Å². The Balaban J connectivity index is 2.42. The SMILES string of the molecule is CCCC(=O)NC(CCOc1ccccc1)COC(=O)CCC. The van der Waals surface area contributed by atoms with Gasteiger partial charge >= 0.3 is 5.97 Å². The molecule has 23 heavy (non-hydrogen) atoms. The zero-order valence-corrected chi connectivity index (χ0v) is 14.0. The molecule has 0 spiro atoms. The first kappa shape index (κ1) is 19.0. The molecule has 0 saturated heterocycles. The maximum Gasteiger partial charge on any atom is 0.305 e. The normalized spacial score (nSPS) is 11.6. The van der Waals surface area contributed by atoms with Crippen molar-refractivity contribution in [1.82, 2.24) is 5.32 Å². The largest absolute Gasteiger partial charge is 0.494 e. The average Bonchev–Trinajstić information content (AvgIpc) is 2.54. The first-order valence-corrected chi connectivity index (χ1v) is 8.28. The van der Waals surface area contributed by atoms with Crippen molar-refractivity contribution in [3.05, 3.63) is 30.3 Å². The second-order valence-electron chi connectivity index (χ2n) is 5.40. The van der Waals surface area contributed by atoms with E-state index in [1.807, 2.05) is 44.2 Å². The number of rotatable bonds is 11. The molecule has 5 nitrogen and oxygen atoms in total. The molecule has 128 valence electrons. The van der Waals surface area contributed by atoms with Gasteiger partial charge < -0.3 is 14.8 Å². The summed E-state index contributed by atoms with van der Waals surface area (Å²) in [6, 6.07) is 9.27. The van der Waals surface area contributed by atoms with E-state index in [2.05, 4.69) is 5.32 Å².